The molecule has 0 saturated heterocycles. The molecule has 0 fully saturated rings. The van der Waals surface area contributed by atoms with Gasteiger partial charge in [-0.1, -0.05) is 0 Å². The average Bonchev–Trinajstić information content (AvgIpc) is 2.97. The maximum atomic E-state index is 4.39. The summed E-state index contributed by atoms with van der Waals surface area (Å²) in [4.78, 5) is 1.31. The van der Waals surface area contributed by atoms with Crippen molar-refractivity contribution in [3.8, 4) is 11.3 Å². The first-order valence-electron chi connectivity index (χ1n) is 6.07. The molecule has 1 aromatic heterocycles. The van der Waals surface area contributed by atoms with Crippen molar-refractivity contribution in [3.05, 3.63) is 64.6 Å². The second-order valence-electron chi connectivity index (χ2n) is 4.39. The molecule has 4 rings (SSSR count). The zero-order valence-corrected chi connectivity index (χ0v) is 12.5. The van der Waals surface area contributed by atoms with E-state index in [4.69, 9.17) is 0 Å². The molecule has 0 bridgehead atoms. The predicted molar refractivity (Wildman–Crippen MR) is 78.6 cm³/mol. The number of aromatic nitrogens is 2. The van der Waals surface area contributed by atoms with Gasteiger partial charge in [-0.3, -0.25) is 0 Å². The monoisotopic (exact) mass is 330 g/mol. The van der Waals surface area contributed by atoms with Crippen LogP contribution in [0.1, 0.15) is 15.3 Å². The Morgan fingerprint density at radius 1 is 0.947 bits per heavy atom. The molecule has 4 heteroatoms. The molecule has 1 unspecified atom stereocenters. The summed E-state index contributed by atoms with van der Waals surface area (Å²) in [6.45, 7) is 0. The standard InChI is InChI=1S/C15H10N2SSe/c1-2-6-10(7-3-1)14-15-13(16-17-19-15)11-8-4-5-9-12(11)18-14/h1-9,14H. The van der Waals surface area contributed by atoms with Crippen molar-refractivity contribution in [2.45, 2.75) is 10.1 Å². The van der Waals surface area contributed by atoms with Crippen LogP contribution in [0.15, 0.2) is 59.5 Å². The quantitative estimate of drug-likeness (QED) is 0.640. The molecule has 2 heterocycles. The summed E-state index contributed by atoms with van der Waals surface area (Å²) in [5, 5.41) is 4.77. The van der Waals surface area contributed by atoms with Crippen LogP contribution in [0.4, 0.5) is 0 Å². The minimum atomic E-state index is 0.149. The van der Waals surface area contributed by atoms with E-state index in [1.165, 1.54) is 20.5 Å². The molecule has 0 N–H and O–H groups in total. The summed E-state index contributed by atoms with van der Waals surface area (Å²) in [7, 11) is 0. The molecule has 1 aliphatic heterocycles. The van der Waals surface area contributed by atoms with Gasteiger partial charge in [0.2, 0.25) is 0 Å². The Morgan fingerprint density at radius 2 is 1.74 bits per heavy atom. The van der Waals surface area contributed by atoms with Gasteiger partial charge in [-0.25, -0.2) is 0 Å². The zero-order valence-electron chi connectivity index (χ0n) is 9.98. The first kappa shape index (κ1) is 11.5. The number of hydrogen-bond acceptors (Lipinski definition) is 3. The van der Waals surface area contributed by atoms with Crippen molar-refractivity contribution in [2.24, 2.45) is 0 Å². The summed E-state index contributed by atoms with van der Waals surface area (Å²) in [6, 6.07) is 19.2. The molecule has 0 spiro atoms. The van der Waals surface area contributed by atoms with Gasteiger partial charge in [-0.2, -0.15) is 0 Å². The number of fused-ring (bicyclic) bond motifs is 3. The van der Waals surface area contributed by atoms with Crippen molar-refractivity contribution in [1.29, 1.82) is 0 Å². The van der Waals surface area contributed by atoms with Crippen molar-refractivity contribution < 1.29 is 0 Å². The van der Waals surface area contributed by atoms with Gasteiger partial charge in [0.15, 0.2) is 0 Å². The molecule has 0 amide bonds. The van der Waals surface area contributed by atoms with Crippen LogP contribution in [0.5, 0.6) is 0 Å². The number of nitrogens with zero attached hydrogens (tertiary/aromatic N) is 2. The van der Waals surface area contributed by atoms with Gasteiger partial charge in [0.05, 0.1) is 0 Å². The van der Waals surface area contributed by atoms with E-state index < -0.39 is 0 Å². The summed E-state index contributed by atoms with van der Waals surface area (Å²) >= 11 is 2.07. The van der Waals surface area contributed by atoms with Crippen molar-refractivity contribution in [1.82, 2.24) is 9.19 Å². The first-order chi connectivity index (χ1) is 9.43. The van der Waals surface area contributed by atoms with Crippen LogP contribution >= 0.6 is 11.8 Å². The third-order valence-corrected chi connectivity index (χ3v) is 6.59. The van der Waals surface area contributed by atoms with Crippen molar-refractivity contribution >= 4 is 26.5 Å². The zero-order chi connectivity index (χ0) is 12.7. The number of benzene rings is 2. The first-order valence-corrected chi connectivity index (χ1v) is 8.57. The van der Waals surface area contributed by atoms with Gasteiger partial charge in [-0.15, -0.1) is 0 Å². The third kappa shape index (κ3) is 1.88. The Morgan fingerprint density at radius 3 is 2.63 bits per heavy atom. The van der Waals surface area contributed by atoms with Crippen molar-refractivity contribution in [3.63, 3.8) is 0 Å². The number of hydrogen-bond donors (Lipinski definition) is 0. The number of rotatable bonds is 1. The maximum absolute atomic E-state index is 4.39. The normalized spacial score (nSPS) is 16.7. The number of thioether (sulfide) groups is 1. The van der Waals surface area contributed by atoms with E-state index in [1.807, 2.05) is 11.8 Å². The Labute approximate surface area is 121 Å². The topological polar surface area (TPSA) is 25.8 Å². The fraction of sp³-hybridized carbons (Fsp3) is 0.0667. The molecule has 0 saturated carbocycles. The Hall–Kier alpha value is -1.35. The Balaban J connectivity index is 1.91. The molecule has 0 aliphatic carbocycles. The average molecular weight is 329 g/mol. The molecule has 3 aromatic rings. The van der Waals surface area contributed by atoms with Crippen LogP contribution in [-0.4, -0.2) is 23.9 Å². The van der Waals surface area contributed by atoms with Crippen LogP contribution in [-0.2, 0) is 0 Å². The summed E-state index contributed by atoms with van der Waals surface area (Å²) in [5.74, 6) is 0. The second kappa shape index (κ2) is 4.64. The molecule has 1 aliphatic rings. The molecule has 2 nitrogen and oxygen atoms in total. The van der Waals surface area contributed by atoms with Gasteiger partial charge in [0, 0.05) is 0 Å². The Bertz CT molecular complexity index is 724. The van der Waals surface area contributed by atoms with Crippen LogP contribution in [0.2, 0.25) is 0 Å². The van der Waals surface area contributed by atoms with Crippen LogP contribution in [0.3, 0.4) is 0 Å². The van der Waals surface area contributed by atoms with Gasteiger partial charge in [0.25, 0.3) is 0 Å². The SMILES string of the molecule is c1ccc(C2Sc3ccccc3-c3nn[se]c32)cc1. The van der Waals surface area contributed by atoms with E-state index in [1.54, 1.807) is 0 Å². The summed E-state index contributed by atoms with van der Waals surface area (Å²) in [6.07, 6.45) is 0. The van der Waals surface area contributed by atoms with E-state index in [-0.39, 0.29) is 14.7 Å². The molecular weight excluding hydrogens is 319 g/mol. The summed E-state index contributed by atoms with van der Waals surface area (Å²) in [5.41, 5.74) is 3.71. The van der Waals surface area contributed by atoms with E-state index in [9.17, 15) is 0 Å². The van der Waals surface area contributed by atoms with Gasteiger partial charge in [-0.05, 0) is 0 Å². The Kier molecular flexibility index (Phi) is 2.80. The molecule has 2 aromatic carbocycles. The van der Waals surface area contributed by atoms with Gasteiger partial charge in [0.1, 0.15) is 0 Å². The third-order valence-electron chi connectivity index (χ3n) is 3.24. The molecule has 0 radical (unpaired) electrons. The minimum absolute atomic E-state index is 0.149. The van der Waals surface area contributed by atoms with E-state index in [2.05, 4.69) is 63.8 Å². The van der Waals surface area contributed by atoms with Crippen LogP contribution < -0.4 is 0 Å². The summed E-state index contributed by atoms with van der Waals surface area (Å²) < 4.78 is 5.71. The predicted octanol–water partition coefficient (Wildman–Crippen LogP) is 3.40. The van der Waals surface area contributed by atoms with Gasteiger partial charge < -0.3 is 0 Å². The molecule has 92 valence electrons. The fourth-order valence-electron chi connectivity index (χ4n) is 2.35. The fourth-order valence-corrected chi connectivity index (χ4v) is 5.52. The molecular formula is C15H10N2SSe. The van der Waals surface area contributed by atoms with E-state index in [0.29, 0.717) is 5.25 Å². The van der Waals surface area contributed by atoms with E-state index in [0.717, 1.165) is 5.69 Å². The second-order valence-corrected chi connectivity index (χ2v) is 7.19. The van der Waals surface area contributed by atoms with Gasteiger partial charge >= 0.3 is 122 Å². The van der Waals surface area contributed by atoms with Crippen LogP contribution in [0.25, 0.3) is 11.3 Å². The van der Waals surface area contributed by atoms with Crippen LogP contribution in [0, 0.1) is 0 Å². The molecule has 1 atom stereocenters. The van der Waals surface area contributed by atoms with Crippen molar-refractivity contribution in [2.75, 3.05) is 0 Å². The molecule has 19 heavy (non-hydrogen) atoms. The van der Waals surface area contributed by atoms with E-state index >= 15 is 0 Å².